The number of tetrazole rings is 1. The van der Waals surface area contributed by atoms with Crippen LogP contribution in [0.15, 0.2) is 4.52 Å². The zero-order valence-corrected chi connectivity index (χ0v) is 10.7. The van der Waals surface area contributed by atoms with Gasteiger partial charge in [0, 0.05) is 13.5 Å². The smallest absolute Gasteiger partial charge is 0.248 e. The molecule has 2 rings (SSSR count). The van der Waals surface area contributed by atoms with E-state index in [4.69, 9.17) is 9.26 Å². The normalized spacial score (nSPS) is 12.8. The van der Waals surface area contributed by atoms with Crippen LogP contribution in [-0.4, -0.2) is 37.5 Å². The lowest BCUT2D eigenvalue weighted by Gasteiger charge is -2.01. The highest BCUT2D eigenvalue weighted by Crippen LogP contribution is 2.12. The Kier molecular flexibility index (Phi) is 3.98. The van der Waals surface area contributed by atoms with Crippen LogP contribution in [0.1, 0.15) is 43.9 Å². The Labute approximate surface area is 104 Å². The minimum absolute atomic E-state index is 0.188. The quantitative estimate of drug-likeness (QED) is 0.749. The van der Waals surface area contributed by atoms with Gasteiger partial charge in [0.1, 0.15) is 12.6 Å². The van der Waals surface area contributed by atoms with Crippen molar-refractivity contribution >= 4 is 0 Å². The summed E-state index contributed by atoms with van der Waals surface area (Å²) in [7, 11) is 1.60. The van der Waals surface area contributed by atoms with E-state index in [2.05, 4.69) is 32.6 Å². The maximum atomic E-state index is 5.14. The highest BCUT2D eigenvalue weighted by Gasteiger charge is 2.15. The number of methoxy groups -OCH3 is 1. The molecule has 0 aromatic carbocycles. The van der Waals surface area contributed by atoms with Crippen molar-refractivity contribution in [3.63, 3.8) is 0 Å². The van der Waals surface area contributed by atoms with E-state index >= 15 is 0 Å². The first-order valence-electron chi connectivity index (χ1n) is 5.85. The zero-order valence-electron chi connectivity index (χ0n) is 10.7. The van der Waals surface area contributed by atoms with E-state index in [1.54, 1.807) is 11.8 Å². The molecule has 1 atom stereocenters. The van der Waals surface area contributed by atoms with Crippen LogP contribution in [0.4, 0.5) is 0 Å². The molecular formula is C10H16N6O2. The van der Waals surface area contributed by atoms with E-state index in [0.717, 1.165) is 18.7 Å². The number of hydrogen-bond acceptors (Lipinski definition) is 7. The molecule has 18 heavy (non-hydrogen) atoms. The summed E-state index contributed by atoms with van der Waals surface area (Å²) >= 11 is 0. The number of rotatable bonds is 6. The molecule has 8 heteroatoms. The van der Waals surface area contributed by atoms with Crippen LogP contribution in [0.25, 0.3) is 0 Å². The van der Waals surface area contributed by atoms with Crippen molar-refractivity contribution in [2.45, 2.75) is 39.3 Å². The Hall–Kier alpha value is -1.83. The topological polar surface area (TPSA) is 91.8 Å². The third kappa shape index (κ3) is 2.70. The largest absolute Gasteiger partial charge is 0.374 e. The second-order valence-electron chi connectivity index (χ2n) is 3.93. The molecule has 0 aliphatic carbocycles. The molecule has 0 amide bonds. The zero-order chi connectivity index (χ0) is 13.0. The molecule has 0 N–H and O–H groups in total. The van der Waals surface area contributed by atoms with Crippen molar-refractivity contribution in [1.82, 2.24) is 30.3 Å². The number of aromatic nitrogens is 6. The van der Waals surface area contributed by atoms with Crippen LogP contribution in [0.3, 0.4) is 0 Å². The van der Waals surface area contributed by atoms with Gasteiger partial charge in [0.15, 0.2) is 11.6 Å². The van der Waals surface area contributed by atoms with Gasteiger partial charge in [-0.3, -0.25) is 0 Å². The number of hydrogen-bond donors (Lipinski definition) is 0. The van der Waals surface area contributed by atoms with Crippen LogP contribution in [0.5, 0.6) is 0 Å². The van der Waals surface area contributed by atoms with Crippen LogP contribution >= 0.6 is 0 Å². The molecule has 2 heterocycles. The monoisotopic (exact) mass is 252 g/mol. The summed E-state index contributed by atoms with van der Waals surface area (Å²) in [6, 6.07) is 0. The van der Waals surface area contributed by atoms with E-state index in [-0.39, 0.29) is 6.10 Å². The number of nitrogens with zero attached hydrogens (tertiary/aromatic N) is 6. The van der Waals surface area contributed by atoms with Crippen molar-refractivity contribution in [3.05, 3.63) is 17.5 Å². The van der Waals surface area contributed by atoms with E-state index in [0.29, 0.717) is 18.3 Å². The Morgan fingerprint density at radius 2 is 2.28 bits per heavy atom. The molecule has 8 nitrogen and oxygen atoms in total. The summed E-state index contributed by atoms with van der Waals surface area (Å²) in [6.45, 7) is 4.31. The first-order chi connectivity index (χ1) is 8.74. The van der Waals surface area contributed by atoms with Gasteiger partial charge in [0.05, 0.1) is 0 Å². The summed E-state index contributed by atoms with van der Waals surface area (Å²) in [4.78, 5) is 4.24. The Bertz CT molecular complexity index is 494. The Morgan fingerprint density at radius 3 is 3.00 bits per heavy atom. The number of aryl methyl sites for hydroxylation is 1. The van der Waals surface area contributed by atoms with Gasteiger partial charge >= 0.3 is 0 Å². The summed E-state index contributed by atoms with van der Waals surface area (Å²) in [5, 5.41) is 15.3. The Balaban J connectivity index is 2.09. The lowest BCUT2D eigenvalue weighted by atomic mass is 10.3. The van der Waals surface area contributed by atoms with Gasteiger partial charge in [0.25, 0.3) is 0 Å². The fourth-order valence-corrected chi connectivity index (χ4v) is 1.48. The second kappa shape index (κ2) is 5.67. The molecule has 0 radical (unpaired) electrons. The van der Waals surface area contributed by atoms with Crippen molar-refractivity contribution in [3.8, 4) is 0 Å². The molecule has 0 fully saturated rings. The molecule has 2 aromatic rings. The second-order valence-corrected chi connectivity index (χ2v) is 3.93. The van der Waals surface area contributed by atoms with Crippen LogP contribution in [0, 0.1) is 0 Å². The molecule has 0 saturated carbocycles. The van der Waals surface area contributed by atoms with Crippen molar-refractivity contribution < 1.29 is 9.26 Å². The molecule has 0 unspecified atom stereocenters. The highest BCUT2D eigenvalue weighted by molar-refractivity contribution is 4.92. The average Bonchev–Trinajstić information content (AvgIpc) is 3.00. The summed E-state index contributed by atoms with van der Waals surface area (Å²) < 4.78 is 11.9. The molecule has 0 bridgehead atoms. The van der Waals surface area contributed by atoms with Crippen molar-refractivity contribution in [1.29, 1.82) is 0 Å². The number of ether oxygens (including phenoxy) is 1. The predicted molar refractivity (Wildman–Crippen MR) is 60.6 cm³/mol. The van der Waals surface area contributed by atoms with E-state index < -0.39 is 0 Å². The first kappa shape index (κ1) is 12.6. The summed E-state index contributed by atoms with van der Waals surface area (Å²) in [5.74, 6) is 1.81. The van der Waals surface area contributed by atoms with Crippen LogP contribution in [-0.2, 0) is 17.7 Å². The van der Waals surface area contributed by atoms with Gasteiger partial charge in [-0.05, 0) is 23.8 Å². The van der Waals surface area contributed by atoms with E-state index in [9.17, 15) is 0 Å². The lowest BCUT2D eigenvalue weighted by molar-refractivity contribution is 0.109. The molecular weight excluding hydrogens is 236 g/mol. The third-order valence-electron chi connectivity index (χ3n) is 2.57. The fourth-order valence-electron chi connectivity index (χ4n) is 1.48. The minimum atomic E-state index is -0.188. The van der Waals surface area contributed by atoms with E-state index in [1.807, 2.05) is 6.92 Å². The third-order valence-corrected chi connectivity index (χ3v) is 2.57. The molecule has 0 spiro atoms. The van der Waals surface area contributed by atoms with Gasteiger partial charge in [-0.15, -0.1) is 5.10 Å². The molecule has 2 aromatic heterocycles. The van der Waals surface area contributed by atoms with Gasteiger partial charge in [-0.2, -0.15) is 4.98 Å². The molecule has 0 saturated heterocycles. The van der Waals surface area contributed by atoms with Crippen molar-refractivity contribution in [2.75, 3.05) is 7.11 Å². The van der Waals surface area contributed by atoms with Crippen molar-refractivity contribution in [2.24, 2.45) is 0 Å². The van der Waals surface area contributed by atoms with Gasteiger partial charge in [0.2, 0.25) is 5.89 Å². The van der Waals surface area contributed by atoms with Gasteiger partial charge in [-0.25, -0.2) is 4.68 Å². The van der Waals surface area contributed by atoms with Gasteiger partial charge in [-0.1, -0.05) is 12.1 Å². The maximum absolute atomic E-state index is 5.14. The Morgan fingerprint density at radius 1 is 1.44 bits per heavy atom. The van der Waals surface area contributed by atoms with Crippen LogP contribution in [0.2, 0.25) is 0 Å². The molecule has 0 aliphatic rings. The predicted octanol–water partition coefficient (Wildman–Crippen LogP) is 0.764. The maximum Gasteiger partial charge on any atom is 0.248 e. The highest BCUT2D eigenvalue weighted by atomic mass is 16.5. The first-order valence-corrected chi connectivity index (χ1v) is 5.85. The minimum Gasteiger partial charge on any atom is -0.374 e. The fraction of sp³-hybridized carbons (Fsp3) is 0.700. The SMILES string of the molecule is CCCc1nnnn1Cc1nc([C@H](C)OC)no1. The van der Waals surface area contributed by atoms with Crippen LogP contribution < -0.4 is 0 Å². The lowest BCUT2D eigenvalue weighted by Crippen LogP contribution is -2.07. The van der Waals surface area contributed by atoms with E-state index in [1.165, 1.54) is 0 Å². The summed E-state index contributed by atoms with van der Waals surface area (Å²) in [6.07, 6.45) is 1.62. The summed E-state index contributed by atoms with van der Waals surface area (Å²) in [5.41, 5.74) is 0. The van der Waals surface area contributed by atoms with Gasteiger partial charge < -0.3 is 9.26 Å². The molecule has 0 aliphatic heterocycles. The average molecular weight is 252 g/mol. The molecule has 98 valence electrons. The standard InChI is InChI=1S/C10H16N6O2/c1-4-5-8-12-14-15-16(8)6-9-11-10(13-18-9)7(2)17-3/h7H,4-6H2,1-3H3/t7-/m0/s1.